The summed E-state index contributed by atoms with van der Waals surface area (Å²) in [6, 6.07) is 3.63. The summed E-state index contributed by atoms with van der Waals surface area (Å²) in [5.74, 6) is -0.352. The maximum Gasteiger partial charge on any atom is 0.227 e. The van der Waals surface area contributed by atoms with Gasteiger partial charge in [0.1, 0.15) is 5.69 Å². The zero-order valence-corrected chi connectivity index (χ0v) is 13.7. The molecule has 0 radical (unpaired) electrons. The van der Waals surface area contributed by atoms with Crippen molar-refractivity contribution in [3.05, 3.63) is 35.9 Å². The number of nitrogens with zero attached hydrogens (tertiary/aromatic N) is 4. The number of carbonyl (C=O) groups is 2. The minimum absolute atomic E-state index is 0.113. The minimum atomic E-state index is -0.177. The van der Waals surface area contributed by atoms with E-state index < -0.39 is 0 Å². The normalized spacial score (nSPS) is 10.4. The van der Waals surface area contributed by atoms with Crippen LogP contribution in [0.2, 0.25) is 5.15 Å². The third kappa shape index (κ3) is 4.07. The van der Waals surface area contributed by atoms with E-state index in [4.69, 9.17) is 11.6 Å². The fourth-order valence-corrected chi connectivity index (χ4v) is 2.34. The average Bonchev–Trinajstić information content (AvgIpc) is 2.96. The van der Waals surface area contributed by atoms with Crippen molar-refractivity contribution in [2.75, 3.05) is 18.5 Å². The number of hydrogen-bond donors (Lipinski definition) is 1. The summed E-state index contributed by atoms with van der Waals surface area (Å²) in [5, 5.41) is 6.93. The topological polar surface area (TPSA) is 80.1 Å². The van der Waals surface area contributed by atoms with Crippen LogP contribution in [0.3, 0.4) is 0 Å². The second-order valence-corrected chi connectivity index (χ2v) is 5.13. The molecule has 2 rings (SSSR count). The van der Waals surface area contributed by atoms with Crippen LogP contribution in [0, 0.1) is 0 Å². The van der Waals surface area contributed by atoms with Gasteiger partial charge < -0.3 is 10.2 Å². The van der Waals surface area contributed by atoms with E-state index in [1.54, 1.807) is 36.4 Å². The van der Waals surface area contributed by atoms with Gasteiger partial charge in [-0.15, -0.1) is 0 Å². The molecule has 0 fully saturated rings. The van der Waals surface area contributed by atoms with Crippen LogP contribution >= 0.6 is 11.6 Å². The number of rotatable bonds is 6. The molecule has 2 heterocycles. The van der Waals surface area contributed by atoms with Gasteiger partial charge in [-0.05, 0) is 19.1 Å². The van der Waals surface area contributed by atoms with Gasteiger partial charge in [0.25, 0.3) is 0 Å². The molecule has 0 saturated carbocycles. The summed E-state index contributed by atoms with van der Waals surface area (Å²) in [6.45, 7) is 2.28. The van der Waals surface area contributed by atoms with Gasteiger partial charge in [-0.3, -0.25) is 14.6 Å². The van der Waals surface area contributed by atoms with E-state index in [0.29, 0.717) is 12.2 Å². The molecule has 0 saturated heterocycles. The fourth-order valence-electron chi connectivity index (χ4n) is 2.11. The van der Waals surface area contributed by atoms with Gasteiger partial charge in [0, 0.05) is 32.6 Å². The summed E-state index contributed by atoms with van der Waals surface area (Å²) in [7, 11) is 1.54. The van der Waals surface area contributed by atoms with Crippen LogP contribution in [0.15, 0.2) is 30.7 Å². The first-order valence-corrected chi connectivity index (χ1v) is 7.61. The Bertz CT molecular complexity index is 686. The number of aromatic nitrogens is 3. The molecule has 2 amide bonds. The zero-order valence-electron chi connectivity index (χ0n) is 13.0. The Labute approximate surface area is 139 Å². The highest BCUT2D eigenvalue weighted by Gasteiger charge is 2.20. The number of amides is 2. The summed E-state index contributed by atoms with van der Waals surface area (Å²) in [4.78, 5) is 29.2. The molecule has 0 aliphatic rings. The Morgan fingerprint density at radius 3 is 2.78 bits per heavy atom. The monoisotopic (exact) mass is 335 g/mol. The molecule has 2 aromatic heterocycles. The van der Waals surface area contributed by atoms with Crippen molar-refractivity contribution in [2.45, 2.75) is 19.8 Å². The van der Waals surface area contributed by atoms with Gasteiger partial charge in [-0.25, -0.2) is 4.68 Å². The molecule has 0 unspecified atom stereocenters. The van der Waals surface area contributed by atoms with Crippen LogP contribution in [0.5, 0.6) is 0 Å². The van der Waals surface area contributed by atoms with Crippen molar-refractivity contribution < 1.29 is 9.59 Å². The predicted molar refractivity (Wildman–Crippen MR) is 87.7 cm³/mol. The van der Waals surface area contributed by atoms with E-state index in [9.17, 15) is 9.59 Å². The third-order valence-electron chi connectivity index (χ3n) is 3.31. The Kier molecular flexibility index (Phi) is 5.70. The van der Waals surface area contributed by atoms with Crippen LogP contribution in [0.4, 0.5) is 5.69 Å². The molecule has 0 bridgehead atoms. The minimum Gasteiger partial charge on any atom is -0.359 e. The van der Waals surface area contributed by atoms with E-state index in [0.717, 1.165) is 5.69 Å². The third-order valence-corrected chi connectivity index (χ3v) is 3.58. The van der Waals surface area contributed by atoms with E-state index in [1.165, 1.54) is 4.90 Å². The van der Waals surface area contributed by atoms with Crippen LogP contribution < -0.4 is 10.2 Å². The lowest BCUT2D eigenvalue weighted by atomic mass is 10.2. The van der Waals surface area contributed by atoms with E-state index >= 15 is 0 Å². The van der Waals surface area contributed by atoms with Crippen LogP contribution in [0.25, 0.3) is 5.69 Å². The van der Waals surface area contributed by atoms with Crippen LogP contribution in [0.1, 0.15) is 19.8 Å². The number of halogens is 1. The second kappa shape index (κ2) is 7.73. The van der Waals surface area contributed by atoms with Gasteiger partial charge >= 0.3 is 0 Å². The van der Waals surface area contributed by atoms with Gasteiger partial charge in [0.15, 0.2) is 5.15 Å². The molecule has 23 heavy (non-hydrogen) atoms. The molecule has 0 aliphatic heterocycles. The average molecular weight is 336 g/mol. The molecule has 122 valence electrons. The fraction of sp³-hybridized carbons (Fsp3) is 0.333. The van der Waals surface area contributed by atoms with E-state index in [2.05, 4.69) is 15.4 Å². The number of anilines is 1. The van der Waals surface area contributed by atoms with Gasteiger partial charge in [0.05, 0.1) is 18.1 Å². The Morgan fingerprint density at radius 2 is 2.17 bits per heavy atom. The lowest BCUT2D eigenvalue weighted by Gasteiger charge is -2.19. The van der Waals surface area contributed by atoms with Crippen molar-refractivity contribution in [3.63, 3.8) is 0 Å². The van der Waals surface area contributed by atoms with E-state index in [1.807, 2.05) is 13.0 Å². The van der Waals surface area contributed by atoms with Crippen LogP contribution in [-0.4, -0.2) is 40.2 Å². The SMILES string of the molecule is CCN(C(=O)CCC(=O)NC)c1cn(-c2cccnc2)nc1Cl. The zero-order chi connectivity index (χ0) is 16.8. The molecular weight excluding hydrogens is 318 g/mol. The van der Waals surface area contributed by atoms with E-state index in [-0.39, 0.29) is 29.8 Å². The number of carbonyl (C=O) groups excluding carboxylic acids is 2. The highest BCUT2D eigenvalue weighted by Crippen LogP contribution is 2.26. The van der Waals surface area contributed by atoms with Crippen molar-refractivity contribution in [1.29, 1.82) is 0 Å². The van der Waals surface area contributed by atoms with Crippen molar-refractivity contribution in [3.8, 4) is 5.69 Å². The van der Waals surface area contributed by atoms with Gasteiger partial charge in [0.2, 0.25) is 11.8 Å². The smallest absolute Gasteiger partial charge is 0.227 e. The van der Waals surface area contributed by atoms with Gasteiger partial charge in [-0.1, -0.05) is 11.6 Å². The maximum absolute atomic E-state index is 12.3. The molecule has 1 N–H and O–H groups in total. The standard InChI is InChI=1S/C15H18ClN5O2/c1-3-20(14(23)7-6-13(22)17-2)12-10-21(19-15(12)16)11-5-4-8-18-9-11/h4-5,8-10H,3,6-7H2,1-2H3,(H,17,22). The lowest BCUT2D eigenvalue weighted by molar-refractivity contribution is -0.124. The quantitative estimate of drug-likeness (QED) is 0.873. The largest absolute Gasteiger partial charge is 0.359 e. The molecule has 0 spiro atoms. The molecular formula is C15H18ClN5O2. The number of pyridine rings is 1. The Morgan fingerprint density at radius 1 is 1.39 bits per heavy atom. The van der Waals surface area contributed by atoms with Crippen molar-refractivity contribution in [2.24, 2.45) is 0 Å². The predicted octanol–water partition coefficient (Wildman–Crippen LogP) is 1.80. The summed E-state index contributed by atoms with van der Waals surface area (Å²) >= 11 is 6.18. The molecule has 8 heteroatoms. The van der Waals surface area contributed by atoms with Gasteiger partial charge in [-0.2, -0.15) is 5.10 Å². The van der Waals surface area contributed by atoms with Crippen LogP contribution in [-0.2, 0) is 9.59 Å². The lowest BCUT2D eigenvalue weighted by Crippen LogP contribution is -2.31. The summed E-state index contributed by atoms with van der Waals surface area (Å²) in [5.41, 5.74) is 1.26. The summed E-state index contributed by atoms with van der Waals surface area (Å²) in [6.07, 6.45) is 5.25. The first-order chi connectivity index (χ1) is 11.1. The Balaban J connectivity index is 2.20. The summed E-state index contributed by atoms with van der Waals surface area (Å²) < 4.78 is 1.57. The molecule has 2 aromatic rings. The number of nitrogens with one attached hydrogen (secondary N) is 1. The number of hydrogen-bond acceptors (Lipinski definition) is 4. The molecule has 0 aromatic carbocycles. The highest BCUT2D eigenvalue weighted by atomic mass is 35.5. The highest BCUT2D eigenvalue weighted by molar-refractivity contribution is 6.32. The molecule has 0 atom stereocenters. The molecule has 0 aliphatic carbocycles. The first-order valence-electron chi connectivity index (χ1n) is 7.23. The van der Waals surface area contributed by atoms with Crippen molar-refractivity contribution in [1.82, 2.24) is 20.1 Å². The Hall–Kier alpha value is -2.41. The maximum atomic E-state index is 12.3. The molecule has 7 nitrogen and oxygen atoms in total. The van der Waals surface area contributed by atoms with Crippen molar-refractivity contribution >= 4 is 29.1 Å². The second-order valence-electron chi connectivity index (χ2n) is 4.77. The first kappa shape index (κ1) is 17.0.